The lowest BCUT2D eigenvalue weighted by atomic mass is 9.81. The molecule has 0 spiro atoms. The molecule has 0 bridgehead atoms. The molecule has 5 heteroatoms. The molecule has 2 aromatic carbocycles. The van der Waals surface area contributed by atoms with Crippen molar-refractivity contribution in [1.82, 2.24) is 0 Å². The number of rotatable bonds is 1. The largest absolute Gasteiger partial charge is 0.388 e. The van der Waals surface area contributed by atoms with E-state index >= 15 is 0 Å². The van der Waals surface area contributed by atoms with Crippen LogP contribution in [0.3, 0.4) is 0 Å². The molecule has 25 heavy (non-hydrogen) atoms. The Morgan fingerprint density at radius 3 is 2.80 bits per heavy atom. The van der Waals surface area contributed by atoms with Crippen molar-refractivity contribution in [2.75, 3.05) is 0 Å². The van der Waals surface area contributed by atoms with E-state index in [4.69, 9.17) is 0 Å². The summed E-state index contributed by atoms with van der Waals surface area (Å²) < 4.78 is 13.8. The molecule has 0 heterocycles. The summed E-state index contributed by atoms with van der Waals surface area (Å²) in [5.74, 6) is -0.472. The Bertz CT molecular complexity index is 1000. The van der Waals surface area contributed by atoms with Crippen LogP contribution in [0.25, 0.3) is 5.57 Å². The van der Waals surface area contributed by atoms with Crippen molar-refractivity contribution in [3.63, 3.8) is 0 Å². The average Bonchev–Trinajstić information content (AvgIpc) is 2.99. The average molecular weight is 351 g/mol. The number of hydrogen-bond acceptors (Lipinski definition) is 4. The number of hydrogen-bond donors (Lipinski definition) is 2. The fourth-order valence-electron chi connectivity index (χ4n) is 3.80. The zero-order chi connectivity index (χ0) is 17.7. The minimum absolute atomic E-state index is 0.0677. The summed E-state index contributed by atoms with van der Waals surface area (Å²) in [7, 11) is 0. The monoisotopic (exact) mass is 351 g/mol. The number of halogens is 1. The molecular formula is C20H14FNO2S. The molecule has 1 atom stereocenters. The highest BCUT2D eigenvalue weighted by molar-refractivity contribution is 7.80. The summed E-state index contributed by atoms with van der Waals surface area (Å²) in [6, 6.07) is 8.16. The van der Waals surface area contributed by atoms with Gasteiger partial charge in [-0.15, -0.1) is 12.6 Å². The first-order valence-corrected chi connectivity index (χ1v) is 8.46. The van der Waals surface area contributed by atoms with Gasteiger partial charge in [-0.05, 0) is 53.3 Å². The van der Waals surface area contributed by atoms with Crippen molar-refractivity contribution in [2.45, 2.75) is 30.3 Å². The minimum Gasteiger partial charge on any atom is -0.388 e. The van der Waals surface area contributed by atoms with Gasteiger partial charge >= 0.3 is 0 Å². The second kappa shape index (κ2) is 5.83. The van der Waals surface area contributed by atoms with E-state index < -0.39 is 11.9 Å². The zero-order valence-corrected chi connectivity index (χ0v) is 14.1. The molecule has 0 fully saturated rings. The van der Waals surface area contributed by atoms with E-state index in [0.717, 1.165) is 16.7 Å². The van der Waals surface area contributed by atoms with Gasteiger partial charge in [0.2, 0.25) is 0 Å². The van der Waals surface area contributed by atoms with Crippen LogP contribution in [0.15, 0.2) is 35.2 Å². The fraction of sp³-hybridized carbons (Fsp3) is 0.200. The summed E-state index contributed by atoms with van der Waals surface area (Å²) in [4.78, 5) is 12.8. The second-order valence-electron chi connectivity index (χ2n) is 6.31. The molecule has 0 aromatic heterocycles. The quantitative estimate of drug-likeness (QED) is 0.764. The number of Topliss-reactive ketones (excluding diaryl/α,β-unsaturated/α-hetero) is 1. The van der Waals surface area contributed by atoms with Crippen LogP contribution in [-0.2, 0) is 6.42 Å². The van der Waals surface area contributed by atoms with E-state index in [9.17, 15) is 19.6 Å². The topological polar surface area (TPSA) is 61.1 Å². The highest BCUT2D eigenvalue weighted by Crippen LogP contribution is 2.42. The normalized spacial score (nSPS) is 18.4. The number of carbonyl (C=O) groups excluding carboxylic acids is 1. The van der Waals surface area contributed by atoms with E-state index in [1.807, 2.05) is 18.2 Å². The Morgan fingerprint density at radius 1 is 1.24 bits per heavy atom. The number of ketones is 1. The molecule has 3 nitrogen and oxygen atoms in total. The second-order valence-corrected chi connectivity index (χ2v) is 6.79. The molecule has 2 aliphatic carbocycles. The van der Waals surface area contributed by atoms with Gasteiger partial charge in [-0.25, -0.2) is 4.39 Å². The molecule has 0 saturated heterocycles. The van der Waals surface area contributed by atoms with E-state index in [1.165, 1.54) is 12.1 Å². The van der Waals surface area contributed by atoms with Gasteiger partial charge in [-0.2, -0.15) is 5.26 Å². The highest BCUT2D eigenvalue weighted by Gasteiger charge is 2.30. The van der Waals surface area contributed by atoms with Gasteiger partial charge in [0, 0.05) is 22.4 Å². The molecule has 124 valence electrons. The first kappa shape index (κ1) is 16.1. The van der Waals surface area contributed by atoms with Crippen LogP contribution in [0.2, 0.25) is 0 Å². The van der Waals surface area contributed by atoms with Gasteiger partial charge < -0.3 is 5.11 Å². The van der Waals surface area contributed by atoms with E-state index in [0.29, 0.717) is 40.8 Å². The molecule has 0 saturated carbocycles. The number of benzene rings is 2. The Kier molecular flexibility index (Phi) is 3.75. The van der Waals surface area contributed by atoms with Gasteiger partial charge in [0.05, 0.1) is 17.7 Å². The van der Waals surface area contributed by atoms with Crippen LogP contribution in [-0.4, -0.2) is 10.9 Å². The highest BCUT2D eigenvalue weighted by atomic mass is 32.1. The maximum absolute atomic E-state index is 13.8. The third kappa shape index (κ3) is 2.41. The standard InChI is InChI=1S/C20H14FNO2S/c21-11-7-10(9-22)19-13(1-4-16(23)15(19)8-11)12-3-6-18(25)20-14(12)2-5-17(20)24/h1,3,6-8,16,23,25H,2,4-5H2/t16-/m1/s1. The number of aliphatic hydroxyl groups is 1. The van der Waals surface area contributed by atoms with Crippen molar-refractivity contribution in [3.05, 3.63) is 69.5 Å². The number of fused-ring (bicyclic) bond motifs is 2. The van der Waals surface area contributed by atoms with Crippen LogP contribution in [0.1, 0.15) is 57.1 Å². The molecule has 0 aliphatic heterocycles. The van der Waals surface area contributed by atoms with Crippen molar-refractivity contribution < 1.29 is 14.3 Å². The molecule has 0 radical (unpaired) electrons. The van der Waals surface area contributed by atoms with Crippen LogP contribution in [0.4, 0.5) is 4.39 Å². The van der Waals surface area contributed by atoms with Gasteiger partial charge in [-0.3, -0.25) is 4.79 Å². The lowest BCUT2D eigenvalue weighted by Crippen LogP contribution is -2.11. The SMILES string of the molecule is N#Cc1cc(F)cc2c1C(c1ccc(S)c3c1CCC3=O)=CC[C@H]2O. The van der Waals surface area contributed by atoms with Crippen LogP contribution in [0.5, 0.6) is 0 Å². The van der Waals surface area contributed by atoms with Crippen molar-refractivity contribution in [1.29, 1.82) is 5.26 Å². The maximum Gasteiger partial charge on any atom is 0.164 e. The summed E-state index contributed by atoms with van der Waals surface area (Å²) in [6.45, 7) is 0. The van der Waals surface area contributed by atoms with Crippen molar-refractivity contribution in [2.24, 2.45) is 0 Å². The lowest BCUT2D eigenvalue weighted by molar-refractivity contribution is 0.0992. The number of nitriles is 1. The molecule has 2 aliphatic rings. The minimum atomic E-state index is -0.847. The van der Waals surface area contributed by atoms with Gasteiger partial charge in [0.15, 0.2) is 5.78 Å². The Labute approximate surface area is 149 Å². The van der Waals surface area contributed by atoms with Gasteiger partial charge in [0.1, 0.15) is 5.82 Å². The third-order valence-electron chi connectivity index (χ3n) is 4.89. The third-order valence-corrected chi connectivity index (χ3v) is 5.26. The van der Waals surface area contributed by atoms with Crippen LogP contribution in [0, 0.1) is 17.1 Å². The van der Waals surface area contributed by atoms with E-state index in [1.54, 1.807) is 6.07 Å². The number of thiol groups is 1. The van der Waals surface area contributed by atoms with Crippen LogP contribution < -0.4 is 0 Å². The molecular weight excluding hydrogens is 337 g/mol. The number of carbonyl (C=O) groups is 1. The summed E-state index contributed by atoms with van der Waals surface area (Å²) in [6.07, 6.45) is 2.41. The summed E-state index contributed by atoms with van der Waals surface area (Å²) in [5, 5.41) is 19.7. The fourth-order valence-corrected chi connectivity index (χ4v) is 4.14. The number of aliphatic hydroxyl groups excluding tert-OH is 1. The Morgan fingerprint density at radius 2 is 2.04 bits per heavy atom. The molecule has 2 aromatic rings. The summed E-state index contributed by atoms with van der Waals surface area (Å²) in [5.41, 5.74) is 4.34. The zero-order valence-electron chi connectivity index (χ0n) is 13.2. The Hall–Kier alpha value is -2.42. The first-order chi connectivity index (χ1) is 12.0. The Balaban J connectivity index is 1.99. The smallest absolute Gasteiger partial charge is 0.164 e. The predicted molar refractivity (Wildman–Crippen MR) is 94.1 cm³/mol. The van der Waals surface area contributed by atoms with Crippen LogP contribution >= 0.6 is 12.6 Å². The molecule has 0 unspecified atom stereocenters. The molecule has 1 N–H and O–H groups in total. The number of nitrogens with zero attached hydrogens (tertiary/aromatic N) is 1. The molecule has 4 rings (SSSR count). The predicted octanol–water partition coefficient (Wildman–Crippen LogP) is 3.98. The van der Waals surface area contributed by atoms with E-state index in [-0.39, 0.29) is 11.3 Å². The summed E-state index contributed by atoms with van der Waals surface area (Å²) >= 11 is 4.40. The van der Waals surface area contributed by atoms with Crippen molar-refractivity contribution >= 4 is 24.0 Å². The maximum atomic E-state index is 13.8. The first-order valence-electron chi connectivity index (χ1n) is 8.01. The lowest BCUT2D eigenvalue weighted by Gasteiger charge is -2.25. The van der Waals surface area contributed by atoms with Crippen molar-refractivity contribution in [3.8, 4) is 6.07 Å². The van der Waals surface area contributed by atoms with Gasteiger partial charge in [-0.1, -0.05) is 12.1 Å². The van der Waals surface area contributed by atoms with E-state index in [2.05, 4.69) is 12.6 Å². The van der Waals surface area contributed by atoms with Gasteiger partial charge in [0.25, 0.3) is 0 Å². The molecule has 0 amide bonds.